The Bertz CT molecular complexity index is 402. The summed E-state index contributed by atoms with van der Waals surface area (Å²) in [5.74, 6) is 1.55. The minimum Gasteiger partial charge on any atom is -0.326 e. The third-order valence-corrected chi connectivity index (χ3v) is 4.59. The molecule has 1 saturated heterocycles. The van der Waals surface area contributed by atoms with Crippen molar-refractivity contribution in [3.63, 3.8) is 0 Å². The predicted molar refractivity (Wildman–Crippen MR) is 86.7 cm³/mol. The van der Waals surface area contributed by atoms with Gasteiger partial charge in [0.1, 0.15) is 0 Å². The molecular weight excluding hydrogens is 244 g/mol. The standard InChI is InChI=1S/C18H30N2/c1-5-17(19)18(16-8-6-13(2)7-9-16)20-11-14(3)10-15(4)12-20/h6-9,14-15,17-18H,5,10-12,19H2,1-4H3. The molecule has 2 rings (SSSR count). The molecule has 112 valence electrons. The second-order valence-electron chi connectivity index (χ2n) is 6.83. The van der Waals surface area contributed by atoms with Gasteiger partial charge in [0.25, 0.3) is 0 Å². The largest absolute Gasteiger partial charge is 0.326 e. The highest BCUT2D eigenvalue weighted by Crippen LogP contribution is 2.31. The highest BCUT2D eigenvalue weighted by atomic mass is 15.2. The quantitative estimate of drug-likeness (QED) is 0.906. The first-order valence-corrected chi connectivity index (χ1v) is 8.07. The molecule has 0 saturated carbocycles. The van der Waals surface area contributed by atoms with E-state index in [0.29, 0.717) is 6.04 Å². The van der Waals surface area contributed by atoms with Gasteiger partial charge in [-0.25, -0.2) is 0 Å². The average molecular weight is 274 g/mol. The fraction of sp³-hybridized carbons (Fsp3) is 0.667. The smallest absolute Gasteiger partial charge is 0.0499 e. The Morgan fingerprint density at radius 2 is 1.70 bits per heavy atom. The first kappa shape index (κ1) is 15.5. The van der Waals surface area contributed by atoms with Gasteiger partial charge in [-0.2, -0.15) is 0 Å². The van der Waals surface area contributed by atoms with Gasteiger partial charge in [0, 0.05) is 25.2 Å². The average Bonchev–Trinajstić information content (AvgIpc) is 2.40. The van der Waals surface area contributed by atoms with Crippen LogP contribution >= 0.6 is 0 Å². The van der Waals surface area contributed by atoms with Crippen molar-refractivity contribution < 1.29 is 0 Å². The molecule has 0 amide bonds. The van der Waals surface area contributed by atoms with E-state index in [9.17, 15) is 0 Å². The SMILES string of the molecule is CCC(N)C(c1ccc(C)cc1)N1CC(C)CC(C)C1. The van der Waals surface area contributed by atoms with Gasteiger partial charge in [-0.3, -0.25) is 4.90 Å². The predicted octanol–water partition coefficient (Wildman–Crippen LogP) is 3.75. The summed E-state index contributed by atoms with van der Waals surface area (Å²) < 4.78 is 0. The molecule has 0 radical (unpaired) electrons. The van der Waals surface area contributed by atoms with Crippen LogP contribution in [0.15, 0.2) is 24.3 Å². The van der Waals surface area contributed by atoms with Crippen molar-refractivity contribution in [1.29, 1.82) is 0 Å². The van der Waals surface area contributed by atoms with Gasteiger partial charge in [0.2, 0.25) is 0 Å². The van der Waals surface area contributed by atoms with Crippen LogP contribution in [0, 0.1) is 18.8 Å². The van der Waals surface area contributed by atoms with E-state index in [2.05, 4.69) is 56.9 Å². The zero-order chi connectivity index (χ0) is 14.7. The number of hydrogen-bond donors (Lipinski definition) is 1. The highest BCUT2D eigenvalue weighted by molar-refractivity contribution is 5.25. The number of rotatable bonds is 4. The Labute approximate surface area is 124 Å². The topological polar surface area (TPSA) is 29.3 Å². The lowest BCUT2D eigenvalue weighted by molar-refractivity contribution is 0.0810. The number of likely N-dealkylation sites (tertiary alicyclic amines) is 1. The summed E-state index contributed by atoms with van der Waals surface area (Å²) in [6, 6.07) is 9.53. The van der Waals surface area contributed by atoms with E-state index in [1.54, 1.807) is 0 Å². The molecule has 4 unspecified atom stereocenters. The van der Waals surface area contributed by atoms with Crippen LogP contribution in [0.25, 0.3) is 0 Å². The van der Waals surface area contributed by atoms with E-state index in [-0.39, 0.29) is 6.04 Å². The molecule has 1 aromatic rings. The first-order valence-electron chi connectivity index (χ1n) is 8.07. The Balaban J connectivity index is 2.25. The van der Waals surface area contributed by atoms with E-state index < -0.39 is 0 Å². The van der Waals surface area contributed by atoms with Crippen LogP contribution in [0.2, 0.25) is 0 Å². The van der Waals surface area contributed by atoms with Crippen LogP contribution in [-0.2, 0) is 0 Å². The van der Waals surface area contributed by atoms with Crippen molar-refractivity contribution >= 4 is 0 Å². The van der Waals surface area contributed by atoms with Crippen molar-refractivity contribution in [3.05, 3.63) is 35.4 Å². The van der Waals surface area contributed by atoms with E-state index in [1.165, 1.54) is 30.6 Å². The molecular formula is C18H30N2. The molecule has 4 atom stereocenters. The van der Waals surface area contributed by atoms with Crippen LogP contribution in [-0.4, -0.2) is 24.0 Å². The molecule has 1 aliphatic heterocycles. The third kappa shape index (κ3) is 3.62. The number of nitrogens with zero attached hydrogens (tertiary/aromatic N) is 1. The van der Waals surface area contributed by atoms with Crippen LogP contribution in [0.3, 0.4) is 0 Å². The molecule has 0 aliphatic carbocycles. The molecule has 1 fully saturated rings. The Hall–Kier alpha value is -0.860. The monoisotopic (exact) mass is 274 g/mol. The maximum atomic E-state index is 6.47. The summed E-state index contributed by atoms with van der Waals surface area (Å²) in [4.78, 5) is 2.62. The Morgan fingerprint density at radius 1 is 1.15 bits per heavy atom. The summed E-state index contributed by atoms with van der Waals surface area (Å²) in [5.41, 5.74) is 9.17. The van der Waals surface area contributed by atoms with Crippen LogP contribution < -0.4 is 5.73 Å². The van der Waals surface area contributed by atoms with Crippen molar-refractivity contribution in [2.75, 3.05) is 13.1 Å². The molecule has 0 bridgehead atoms. The highest BCUT2D eigenvalue weighted by Gasteiger charge is 2.31. The number of hydrogen-bond acceptors (Lipinski definition) is 2. The third-order valence-electron chi connectivity index (χ3n) is 4.59. The van der Waals surface area contributed by atoms with Gasteiger partial charge < -0.3 is 5.73 Å². The van der Waals surface area contributed by atoms with E-state index >= 15 is 0 Å². The van der Waals surface area contributed by atoms with Gasteiger partial charge in [-0.1, -0.05) is 50.6 Å². The molecule has 2 nitrogen and oxygen atoms in total. The van der Waals surface area contributed by atoms with E-state index in [4.69, 9.17) is 5.73 Å². The molecule has 0 spiro atoms. The maximum Gasteiger partial charge on any atom is 0.0499 e. The zero-order valence-electron chi connectivity index (χ0n) is 13.5. The van der Waals surface area contributed by atoms with Crippen molar-refractivity contribution in [1.82, 2.24) is 4.90 Å². The first-order chi connectivity index (χ1) is 9.51. The van der Waals surface area contributed by atoms with Gasteiger partial charge in [0.15, 0.2) is 0 Å². The van der Waals surface area contributed by atoms with Crippen LogP contribution in [0.4, 0.5) is 0 Å². The summed E-state index contributed by atoms with van der Waals surface area (Å²) in [6.45, 7) is 11.4. The number of piperidine rings is 1. The number of nitrogens with two attached hydrogens (primary N) is 1. The molecule has 2 heteroatoms. The van der Waals surface area contributed by atoms with Crippen molar-refractivity contribution in [2.45, 2.75) is 52.6 Å². The second kappa shape index (κ2) is 6.73. The fourth-order valence-electron chi connectivity index (χ4n) is 3.65. The van der Waals surface area contributed by atoms with E-state index in [1.807, 2.05) is 0 Å². The minimum absolute atomic E-state index is 0.218. The summed E-state index contributed by atoms with van der Waals surface area (Å²) >= 11 is 0. The lowest BCUT2D eigenvalue weighted by atomic mass is 9.87. The maximum absolute atomic E-state index is 6.47. The van der Waals surface area contributed by atoms with Crippen molar-refractivity contribution in [3.8, 4) is 0 Å². The lowest BCUT2D eigenvalue weighted by Crippen LogP contribution is -2.47. The summed E-state index contributed by atoms with van der Waals surface area (Å²) in [7, 11) is 0. The molecule has 1 aliphatic rings. The van der Waals surface area contributed by atoms with Gasteiger partial charge in [-0.15, -0.1) is 0 Å². The molecule has 0 aromatic heterocycles. The van der Waals surface area contributed by atoms with Crippen LogP contribution in [0.5, 0.6) is 0 Å². The molecule has 2 N–H and O–H groups in total. The second-order valence-corrected chi connectivity index (χ2v) is 6.83. The van der Waals surface area contributed by atoms with Gasteiger partial charge in [0.05, 0.1) is 0 Å². The minimum atomic E-state index is 0.218. The lowest BCUT2D eigenvalue weighted by Gasteiger charge is -2.42. The van der Waals surface area contributed by atoms with Crippen LogP contribution in [0.1, 0.15) is 50.8 Å². The number of benzene rings is 1. The molecule has 1 heterocycles. The summed E-state index contributed by atoms with van der Waals surface area (Å²) in [6.07, 6.45) is 2.37. The molecule has 1 aromatic carbocycles. The van der Waals surface area contributed by atoms with Crippen molar-refractivity contribution in [2.24, 2.45) is 17.6 Å². The Morgan fingerprint density at radius 3 is 2.20 bits per heavy atom. The normalized spacial score (nSPS) is 27.2. The zero-order valence-corrected chi connectivity index (χ0v) is 13.5. The number of aryl methyl sites for hydroxylation is 1. The molecule has 20 heavy (non-hydrogen) atoms. The van der Waals surface area contributed by atoms with E-state index in [0.717, 1.165) is 18.3 Å². The van der Waals surface area contributed by atoms with Gasteiger partial charge in [-0.05, 0) is 37.2 Å². The van der Waals surface area contributed by atoms with Gasteiger partial charge >= 0.3 is 0 Å². The Kier molecular flexibility index (Phi) is 5.22. The fourth-order valence-corrected chi connectivity index (χ4v) is 3.65. The summed E-state index contributed by atoms with van der Waals surface area (Å²) in [5, 5.41) is 0.